The van der Waals surface area contributed by atoms with Crippen LogP contribution in [0.3, 0.4) is 0 Å². The lowest BCUT2D eigenvalue weighted by Crippen LogP contribution is -1.98. The zero-order valence-corrected chi connectivity index (χ0v) is 11.1. The van der Waals surface area contributed by atoms with Gasteiger partial charge >= 0.3 is 5.97 Å². The normalized spacial score (nSPS) is 10.5. The van der Waals surface area contributed by atoms with Gasteiger partial charge in [0.05, 0.1) is 5.56 Å². The van der Waals surface area contributed by atoms with Crippen LogP contribution in [-0.4, -0.2) is 21.3 Å². The van der Waals surface area contributed by atoms with E-state index in [1.54, 1.807) is 19.1 Å². The van der Waals surface area contributed by atoms with E-state index in [1.807, 2.05) is 0 Å². The average Bonchev–Trinajstić information content (AvgIpc) is 2.63. The summed E-state index contributed by atoms with van der Waals surface area (Å²) in [5.74, 6) is -0.546. The maximum atomic E-state index is 11.0. The van der Waals surface area contributed by atoms with E-state index in [9.17, 15) is 4.79 Å². The maximum absolute atomic E-state index is 11.0. The van der Waals surface area contributed by atoms with Crippen LogP contribution in [0.25, 0.3) is 0 Å². The molecule has 0 aliphatic rings. The summed E-state index contributed by atoms with van der Waals surface area (Å²) in [7, 11) is 0. The minimum Gasteiger partial charge on any atom is -0.478 e. The van der Waals surface area contributed by atoms with E-state index in [0.29, 0.717) is 16.0 Å². The first-order valence-corrected chi connectivity index (χ1v) is 6.18. The molecule has 0 atom stereocenters. The highest BCUT2D eigenvalue weighted by atomic mass is 79.9. The Morgan fingerprint density at radius 1 is 1.47 bits per heavy atom. The van der Waals surface area contributed by atoms with Crippen molar-refractivity contribution in [3.63, 3.8) is 0 Å². The number of carbonyl (C=O) groups is 1. The van der Waals surface area contributed by atoms with Crippen LogP contribution < -0.4 is 0 Å². The van der Waals surface area contributed by atoms with Gasteiger partial charge in [-0.15, -0.1) is 10.2 Å². The Bertz CT molecular complexity index is 570. The van der Waals surface area contributed by atoms with Gasteiger partial charge in [-0.3, -0.25) is 0 Å². The topological polar surface area (TPSA) is 76.2 Å². The number of aromatic nitrogens is 2. The Kier molecular flexibility index (Phi) is 3.49. The van der Waals surface area contributed by atoms with Crippen LogP contribution in [0.15, 0.2) is 37.2 Å². The number of benzene rings is 1. The third-order valence-corrected chi connectivity index (χ3v) is 3.27. The molecule has 7 heteroatoms. The monoisotopic (exact) mass is 314 g/mol. The van der Waals surface area contributed by atoms with Gasteiger partial charge in [-0.05, 0) is 30.0 Å². The quantitative estimate of drug-likeness (QED) is 0.938. The van der Waals surface area contributed by atoms with Gasteiger partial charge in [-0.2, -0.15) is 0 Å². The van der Waals surface area contributed by atoms with Gasteiger partial charge in [-0.1, -0.05) is 15.9 Å². The standard InChI is InChI=1S/C10H7BrN2O3S/c1-5-12-13-10(16-5)17-8-4-6(11)2-3-7(8)9(14)15/h2-4H,1H3,(H,14,15). The van der Waals surface area contributed by atoms with Gasteiger partial charge in [0, 0.05) is 16.3 Å². The van der Waals surface area contributed by atoms with Crippen molar-refractivity contribution in [2.24, 2.45) is 0 Å². The van der Waals surface area contributed by atoms with E-state index in [0.717, 1.165) is 16.2 Å². The Balaban J connectivity index is 2.37. The summed E-state index contributed by atoms with van der Waals surface area (Å²) in [4.78, 5) is 11.6. The minimum atomic E-state index is -0.990. The predicted octanol–water partition coefficient (Wildman–Crippen LogP) is 2.99. The van der Waals surface area contributed by atoms with Gasteiger partial charge in [-0.25, -0.2) is 4.79 Å². The molecular formula is C10H7BrN2O3S. The van der Waals surface area contributed by atoms with Gasteiger partial charge in [0.15, 0.2) is 0 Å². The SMILES string of the molecule is Cc1nnc(Sc2cc(Br)ccc2C(=O)O)o1. The highest BCUT2D eigenvalue weighted by Crippen LogP contribution is 2.31. The van der Waals surface area contributed by atoms with E-state index >= 15 is 0 Å². The lowest BCUT2D eigenvalue weighted by molar-refractivity contribution is 0.0693. The minimum absolute atomic E-state index is 0.203. The number of rotatable bonds is 3. The molecule has 88 valence electrons. The summed E-state index contributed by atoms with van der Waals surface area (Å²) in [6.07, 6.45) is 0. The molecule has 1 N–H and O–H groups in total. The molecule has 0 radical (unpaired) electrons. The summed E-state index contributed by atoms with van der Waals surface area (Å²) in [5.41, 5.74) is 0.203. The van der Waals surface area contributed by atoms with Gasteiger partial charge in [0.2, 0.25) is 5.89 Å². The van der Waals surface area contributed by atoms with E-state index in [1.165, 1.54) is 6.07 Å². The van der Waals surface area contributed by atoms with E-state index in [2.05, 4.69) is 26.1 Å². The van der Waals surface area contributed by atoms with Gasteiger partial charge in [0.1, 0.15) is 0 Å². The van der Waals surface area contributed by atoms with Crippen LogP contribution in [0, 0.1) is 6.92 Å². The van der Waals surface area contributed by atoms with Crippen LogP contribution in [0.4, 0.5) is 0 Å². The molecule has 1 heterocycles. The molecule has 0 saturated heterocycles. The zero-order valence-electron chi connectivity index (χ0n) is 8.68. The van der Waals surface area contributed by atoms with E-state index in [-0.39, 0.29) is 5.56 Å². The van der Waals surface area contributed by atoms with Crippen molar-refractivity contribution >= 4 is 33.7 Å². The molecular weight excluding hydrogens is 308 g/mol. The molecule has 0 aliphatic carbocycles. The summed E-state index contributed by atoms with van der Waals surface area (Å²) < 4.78 is 5.99. The number of aromatic carboxylic acids is 1. The molecule has 0 fully saturated rings. The summed E-state index contributed by atoms with van der Waals surface area (Å²) >= 11 is 4.42. The molecule has 2 rings (SSSR count). The van der Waals surface area contributed by atoms with Crippen LogP contribution in [-0.2, 0) is 0 Å². The molecule has 0 saturated carbocycles. The van der Waals surface area contributed by atoms with Crippen LogP contribution in [0.2, 0.25) is 0 Å². The molecule has 5 nitrogen and oxygen atoms in total. The molecule has 0 bridgehead atoms. The first kappa shape index (κ1) is 12.1. The van der Waals surface area contributed by atoms with Gasteiger partial charge in [0.25, 0.3) is 5.22 Å². The number of hydrogen-bond donors (Lipinski definition) is 1. The zero-order chi connectivity index (χ0) is 12.4. The summed E-state index contributed by atoms with van der Waals surface area (Å²) in [6, 6.07) is 4.90. The fraction of sp³-hybridized carbons (Fsp3) is 0.100. The molecule has 0 aliphatic heterocycles. The van der Waals surface area contributed by atoms with Crippen LogP contribution in [0.5, 0.6) is 0 Å². The number of hydrogen-bond acceptors (Lipinski definition) is 5. The number of carboxylic acid groups (broad SMARTS) is 1. The van der Waals surface area contributed by atoms with E-state index < -0.39 is 5.97 Å². The van der Waals surface area contributed by atoms with Crippen molar-refractivity contribution in [2.45, 2.75) is 17.0 Å². The second-order valence-electron chi connectivity index (χ2n) is 3.13. The van der Waals surface area contributed by atoms with Gasteiger partial charge < -0.3 is 9.52 Å². The van der Waals surface area contributed by atoms with Crippen molar-refractivity contribution in [3.8, 4) is 0 Å². The van der Waals surface area contributed by atoms with Crippen molar-refractivity contribution in [3.05, 3.63) is 34.1 Å². The molecule has 17 heavy (non-hydrogen) atoms. The third-order valence-electron chi connectivity index (χ3n) is 1.88. The Labute approximate surface area is 109 Å². The van der Waals surface area contributed by atoms with E-state index in [4.69, 9.17) is 9.52 Å². The lowest BCUT2D eigenvalue weighted by atomic mass is 10.2. The number of aryl methyl sites for hydroxylation is 1. The number of carboxylic acids is 1. The highest BCUT2D eigenvalue weighted by Gasteiger charge is 2.14. The largest absolute Gasteiger partial charge is 0.478 e. The second-order valence-corrected chi connectivity index (χ2v) is 5.04. The maximum Gasteiger partial charge on any atom is 0.336 e. The van der Waals surface area contributed by atoms with Crippen LogP contribution in [0.1, 0.15) is 16.2 Å². The first-order valence-electron chi connectivity index (χ1n) is 4.57. The molecule has 0 spiro atoms. The molecule has 1 aromatic heterocycles. The smallest absolute Gasteiger partial charge is 0.336 e. The molecule has 0 unspecified atom stereocenters. The molecule has 2 aromatic rings. The van der Waals surface area contributed by atoms with Crippen LogP contribution >= 0.6 is 27.7 Å². The Hall–Kier alpha value is -1.34. The summed E-state index contributed by atoms with van der Waals surface area (Å²) in [5, 5.41) is 16.9. The highest BCUT2D eigenvalue weighted by molar-refractivity contribution is 9.10. The number of halogens is 1. The third kappa shape index (κ3) is 2.86. The molecule has 1 aromatic carbocycles. The van der Waals surface area contributed by atoms with Crippen molar-refractivity contribution in [1.29, 1.82) is 0 Å². The average molecular weight is 315 g/mol. The van der Waals surface area contributed by atoms with Crippen molar-refractivity contribution in [2.75, 3.05) is 0 Å². The van der Waals surface area contributed by atoms with Crippen molar-refractivity contribution < 1.29 is 14.3 Å². The Morgan fingerprint density at radius 2 is 2.24 bits per heavy atom. The Morgan fingerprint density at radius 3 is 2.82 bits per heavy atom. The second kappa shape index (κ2) is 4.89. The van der Waals surface area contributed by atoms with Crippen molar-refractivity contribution in [1.82, 2.24) is 10.2 Å². The fourth-order valence-electron chi connectivity index (χ4n) is 1.17. The number of nitrogens with zero attached hydrogens (tertiary/aromatic N) is 2. The first-order chi connectivity index (χ1) is 8.06. The predicted molar refractivity (Wildman–Crippen MR) is 64.3 cm³/mol. The summed E-state index contributed by atoms with van der Waals surface area (Å²) in [6.45, 7) is 1.68. The lowest BCUT2D eigenvalue weighted by Gasteiger charge is -2.03. The fourth-order valence-corrected chi connectivity index (χ4v) is 2.57. The molecule has 0 amide bonds.